The predicted octanol–water partition coefficient (Wildman–Crippen LogP) is 4.90. The van der Waals surface area contributed by atoms with Crippen LogP contribution in [-0.2, 0) is 42.6 Å². The number of carbonyl (C=O) groups excluding carboxylic acids is 2. The molecule has 0 radical (unpaired) electrons. The maximum Gasteiger partial charge on any atom is 0.293 e. The highest BCUT2D eigenvalue weighted by Crippen LogP contribution is 2.44. The highest BCUT2D eigenvalue weighted by Gasteiger charge is 2.39. The minimum atomic E-state index is -0.376. The molecule has 9 rings (SSSR count). The third kappa shape index (κ3) is 7.32. The van der Waals surface area contributed by atoms with E-state index in [4.69, 9.17) is 9.72 Å². The molecule has 3 atom stereocenters. The first-order chi connectivity index (χ1) is 28.9. The number of nitrogens with one attached hydrogen (secondary N) is 2. The molecule has 2 amide bonds. The quantitative estimate of drug-likeness (QED) is 0.189. The highest BCUT2D eigenvalue weighted by atomic mass is 16.5. The zero-order chi connectivity index (χ0) is 41.9. The van der Waals surface area contributed by atoms with E-state index in [2.05, 4.69) is 69.5 Å². The topological polar surface area (TPSA) is 150 Å². The van der Waals surface area contributed by atoms with Crippen LogP contribution in [0.3, 0.4) is 0 Å². The molecule has 1 saturated carbocycles. The second-order valence-electron chi connectivity index (χ2n) is 18.1. The van der Waals surface area contributed by atoms with E-state index in [0.29, 0.717) is 53.2 Å². The van der Waals surface area contributed by atoms with Gasteiger partial charge in [0, 0.05) is 118 Å². The van der Waals surface area contributed by atoms with Crippen LogP contribution in [0.4, 0.5) is 23.0 Å². The molecule has 14 heteroatoms. The number of aromatic nitrogens is 4. The Kier molecular flexibility index (Phi) is 10.7. The van der Waals surface area contributed by atoms with Gasteiger partial charge in [-0.1, -0.05) is 20.4 Å². The van der Waals surface area contributed by atoms with Gasteiger partial charge >= 0.3 is 0 Å². The van der Waals surface area contributed by atoms with Gasteiger partial charge in [0.05, 0.1) is 12.3 Å². The summed E-state index contributed by atoms with van der Waals surface area (Å²) in [6.07, 6.45) is 10.4. The van der Waals surface area contributed by atoms with E-state index in [0.717, 1.165) is 82.6 Å². The molecule has 2 unspecified atom stereocenters. The van der Waals surface area contributed by atoms with E-state index in [1.54, 1.807) is 30.4 Å². The number of amides is 2. The summed E-state index contributed by atoms with van der Waals surface area (Å²) in [5.41, 5.74) is 7.46. The van der Waals surface area contributed by atoms with Crippen LogP contribution in [0.25, 0.3) is 11.3 Å². The number of anilines is 4. The molecular formula is C46H57N9O5. The monoisotopic (exact) mass is 815 g/mol. The average Bonchev–Trinajstić information content (AvgIpc) is 3.73. The number of carbonyl (C=O) groups is 2. The second-order valence-corrected chi connectivity index (χ2v) is 18.1. The van der Waals surface area contributed by atoms with Gasteiger partial charge < -0.3 is 34.5 Å². The summed E-state index contributed by atoms with van der Waals surface area (Å²) < 4.78 is 9.29. The number of rotatable bonds is 10. The molecule has 5 aliphatic rings. The number of hydrogen-bond acceptors (Lipinski definition) is 10. The third-order valence-electron chi connectivity index (χ3n) is 13.6. The summed E-state index contributed by atoms with van der Waals surface area (Å²) in [4.78, 5) is 56.5. The Labute approximate surface area is 351 Å². The van der Waals surface area contributed by atoms with Gasteiger partial charge in [-0.25, -0.2) is 9.97 Å². The number of hydrogen-bond donors (Lipinski definition) is 3. The number of ether oxygens (including phenoxy) is 1. The average molecular weight is 816 g/mol. The lowest BCUT2D eigenvalue weighted by atomic mass is 9.74. The van der Waals surface area contributed by atoms with Gasteiger partial charge in [-0.2, -0.15) is 0 Å². The number of aryl methyl sites for hydroxylation is 1. The SMILES string of the molecule is C=CC(=O)NC1CCC1c1cc(Nc2nc(-c3ccnc(N4CCn5c(cc6c5CC(C)(C)C6)C4=O)c3CO)cn(C)c2=O)ccc1N1CCN(C2CCOCC2)C[C@@H]1C. The minimum Gasteiger partial charge on any atom is -0.392 e. The first kappa shape index (κ1) is 40.1. The fourth-order valence-corrected chi connectivity index (χ4v) is 10.4. The number of benzene rings is 1. The van der Waals surface area contributed by atoms with Gasteiger partial charge in [0.15, 0.2) is 5.82 Å². The first-order valence-corrected chi connectivity index (χ1v) is 21.5. The van der Waals surface area contributed by atoms with Crippen molar-refractivity contribution in [3.05, 3.63) is 93.8 Å². The van der Waals surface area contributed by atoms with Crippen LogP contribution in [0.15, 0.2) is 60.2 Å². The number of aliphatic hydroxyl groups excluding tert-OH is 1. The number of fused-ring (bicyclic) bond motifs is 3. The second kappa shape index (κ2) is 15.9. The van der Waals surface area contributed by atoms with Gasteiger partial charge in [0.2, 0.25) is 5.91 Å². The molecule has 2 saturated heterocycles. The van der Waals surface area contributed by atoms with Crippen LogP contribution < -0.4 is 26.0 Å². The molecule has 316 valence electrons. The van der Waals surface area contributed by atoms with Crippen LogP contribution in [0.2, 0.25) is 0 Å². The van der Waals surface area contributed by atoms with E-state index >= 15 is 0 Å². The van der Waals surface area contributed by atoms with E-state index < -0.39 is 0 Å². The van der Waals surface area contributed by atoms with Crippen LogP contribution in [0.1, 0.15) is 85.2 Å². The van der Waals surface area contributed by atoms with Gasteiger partial charge in [0.25, 0.3) is 11.5 Å². The summed E-state index contributed by atoms with van der Waals surface area (Å²) >= 11 is 0. The number of aliphatic hydroxyl groups is 1. The normalized spacial score (nSPS) is 22.9. The van der Waals surface area contributed by atoms with Crippen molar-refractivity contribution in [2.75, 3.05) is 54.5 Å². The number of pyridine rings is 1. The van der Waals surface area contributed by atoms with Crippen molar-refractivity contribution < 1.29 is 19.4 Å². The number of nitrogens with zero attached hydrogens (tertiary/aromatic N) is 7. The molecular weight excluding hydrogens is 759 g/mol. The molecule has 3 fully saturated rings. The van der Waals surface area contributed by atoms with Crippen molar-refractivity contribution in [3.63, 3.8) is 0 Å². The zero-order valence-electron chi connectivity index (χ0n) is 35.2. The fraction of sp³-hybridized carbons (Fsp3) is 0.500. The molecule has 3 aliphatic heterocycles. The van der Waals surface area contributed by atoms with Crippen molar-refractivity contribution in [1.29, 1.82) is 0 Å². The standard InChI is InChI=1S/C46H57N9O5/c1-6-41(57)49-36-9-8-32(36)34-22-30(7-10-38(34)53-16-15-52(25-28(53)2)31-12-19-60-20-13-31)48-42-45(59)51(5)26-37(50-42)33-11-14-47-43(35(33)27-56)55-18-17-54-39(44(55)58)21-29-23-46(3,4)24-40(29)54/h6-7,10-11,14,21-22,26,28,31-32,36,56H,1,8-9,12-13,15-20,23-25,27H2,2-5H3,(H,48,50)(H,49,57)/t28-,32?,36?/m0/s1. The fourth-order valence-electron chi connectivity index (χ4n) is 10.4. The Morgan fingerprint density at radius 2 is 1.87 bits per heavy atom. The number of piperazine rings is 1. The Hall–Kier alpha value is -5.31. The molecule has 0 spiro atoms. The lowest BCUT2D eigenvalue weighted by Crippen LogP contribution is -2.56. The molecule has 2 aliphatic carbocycles. The first-order valence-electron chi connectivity index (χ1n) is 21.5. The van der Waals surface area contributed by atoms with Crippen LogP contribution in [0, 0.1) is 5.41 Å². The Balaban J connectivity index is 1.01. The molecule has 3 N–H and O–H groups in total. The summed E-state index contributed by atoms with van der Waals surface area (Å²) in [6, 6.07) is 10.8. The van der Waals surface area contributed by atoms with Gasteiger partial charge in [-0.3, -0.25) is 24.2 Å². The molecule has 14 nitrogen and oxygen atoms in total. The van der Waals surface area contributed by atoms with E-state index in [1.807, 2.05) is 12.1 Å². The van der Waals surface area contributed by atoms with Crippen molar-refractivity contribution >= 4 is 34.8 Å². The molecule has 6 heterocycles. The Morgan fingerprint density at radius 1 is 1.05 bits per heavy atom. The van der Waals surface area contributed by atoms with Gasteiger partial charge in [-0.05, 0) is 98.4 Å². The van der Waals surface area contributed by atoms with E-state index in [1.165, 1.54) is 21.9 Å². The summed E-state index contributed by atoms with van der Waals surface area (Å²) in [6.45, 7) is 15.6. The largest absolute Gasteiger partial charge is 0.392 e. The summed E-state index contributed by atoms with van der Waals surface area (Å²) in [5, 5.41) is 17.3. The Bertz CT molecular complexity index is 2400. The Morgan fingerprint density at radius 3 is 2.60 bits per heavy atom. The highest BCUT2D eigenvalue weighted by molar-refractivity contribution is 6.06. The lowest BCUT2D eigenvalue weighted by Gasteiger charge is -2.47. The molecule has 4 aromatic rings. The van der Waals surface area contributed by atoms with Crippen LogP contribution in [-0.4, -0.2) is 98.4 Å². The van der Waals surface area contributed by atoms with E-state index in [9.17, 15) is 19.5 Å². The smallest absolute Gasteiger partial charge is 0.293 e. The molecule has 60 heavy (non-hydrogen) atoms. The van der Waals surface area contributed by atoms with Crippen LogP contribution >= 0.6 is 0 Å². The van der Waals surface area contributed by atoms with Crippen LogP contribution in [0.5, 0.6) is 0 Å². The minimum absolute atomic E-state index is 0.0282. The zero-order valence-corrected chi connectivity index (χ0v) is 35.2. The molecule has 1 aromatic carbocycles. The lowest BCUT2D eigenvalue weighted by molar-refractivity contribution is -0.117. The van der Waals surface area contributed by atoms with Crippen molar-refractivity contribution in [2.24, 2.45) is 12.5 Å². The van der Waals surface area contributed by atoms with Crippen molar-refractivity contribution in [3.8, 4) is 11.3 Å². The molecule has 0 bridgehead atoms. The van der Waals surface area contributed by atoms with Crippen molar-refractivity contribution in [1.82, 2.24) is 29.3 Å². The molecule has 3 aromatic heterocycles. The van der Waals surface area contributed by atoms with Gasteiger partial charge in [0.1, 0.15) is 11.5 Å². The summed E-state index contributed by atoms with van der Waals surface area (Å²) in [7, 11) is 1.68. The third-order valence-corrected chi connectivity index (χ3v) is 13.6. The van der Waals surface area contributed by atoms with E-state index in [-0.39, 0.29) is 53.2 Å². The van der Waals surface area contributed by atoms with Crippen molar-refractivity contribution in [2.45, 2.75) is 96.5 Å². The predicted molar refractivity (Wildman–Crippen MR) is 232 cm³/mol. The maximum atomic E-state index is 14.0. The maximum absolute atomic E-state index is 14.0. The summed E-state index contributed by atoms with van der Waals surface area (Å²) in [5.74, 6) is 0.278. The van der Waals surface area contributed by atoms with Gasteiger partial charge in [-0.15, -0.1) is 0 Å².